The summed E-state index contributed by atoms with van der Waals surface area (Å²) in [5.74, 6) is -1.63. The van der Waals surface area contributed by atoms with E-state index in [-0.39, 0.29) is 41.4 Å². The molecule has 17 heavy (non-hydrogen) atoms. The van der Waals surface area contributed by atoms with Crippen molar-refractivity contribution in [1.82, 2.24) is 5.32 Å². The molecule has 2 atom stereocenters. The molecule has 1 amide bonds. The second-order valence-electron chi connectivity index (χ2n) is 3.97. The zero-order valence-corrected chi connectivity index (χ0v) is 13.0. The Morgan fingerprint density at radius 3 is 2.35 bits per heavy atom. The first-order valence-corrected chi connectivity index (χ1v) is 5.74. The SMILES string of the molecule is CCC(C)C(=O)N[C@H](CCCCN)C(=O)[O-].[Na+]. The van der Waals surface area contributed by atoms with E-state index in [0.717, 1.165) is 6.42 Å². The molecular formula is C11H21N2NaO3. The number of hydrogen-bond acceptors (Lipinski definition) is 4. The largest absolute Gasteiger partial charge is 1.00 e. The maximum atomic E-state index is 11.5. The van der Waals surface area contributed by atoms with E-state index in [9.17, 15) is 14.7 Å². The van der Waals surface area contributed by atoms with Gasteiger partial charge in [-0.05, 0) is 32.2 Å². The van der Waals surface area contributed by atoms with Crippen molar-refractivity contribution in [3.05, 3.63) is 0 Å². The topological polar surface area (TPSA) is 95.2 Å². The molecule has 0 spiro atoms. The van der Waals surface area contributed by atoms with Crippen molar-refractivity contribution in [1.29, 1.82) is 0 Å². The van der Waals surface area contributed by atoms with Gasteiger partial charge in [-0.15, -0.1) is 0 Å². The Labute approximate surface area is 125 Å². The Kier molecular flexibility index (Phi) is 12.5. The van der Waals surface area contributed by atoms with Gasteiger partial charge in [-0.1, -0.05) is 13.8 Å². The van der Waals surface area contributed by atoms with Crippen LogP contribution in [0.15, 0.2) is 0 Å². The van der Waals surface area contributed by atoms with Gasteiger partial charge >= 0.3 is 29.6 Å². The van der Waals surface area contributed by atoms with Crippen molar-refractivity contribution >= 4 is 11.9 Å². The first-order valence-electron chi connectivity index (χ1n) is 5.74. The Bertz CT molecular complexity index is 237. The summed E-state index contributed by atoms with van der Waals surface area (Å²) in [7, 11) is 0. The van der Waals surface area contributed by atoms with Crippen LogP contribution in [0.3, 0.4) is 0 Å². The van der Waals surface area contributed by atoms with E-state index >= 15 is 0 Å². The van der Waals surface area contributed by atoms with Crippen LogP contribution in [-0.4, -0.2) is 24.5 Å². The minimum atomic E-state index is -1.23. The Balaban J connectivity index is 0. The zero-order valence-electron chi connectivity index (χ0n) is 11.0. The zero-order chi connectivity index (χ0) is 12.6. The fraction of sp³-hybridized carbons (Fsp3) is 0.818. The molecule has 94 valence electrons. The molecule has 0 aromatic heterocycles. The van der Waals surface area contributed by atoms with Gasteiger partial charge in [0.15, 0.2) is 0 Å². The quantitative estimate of drug-likeness (QED) is 0.345. The second-order valence-corrected chi connectivity index (χ2v) is 3.97. The molecule has 0 aliphatic carbocycles. The summed E-state index contributed by atoms with van der Waals surface area (Å²) in [6, 6.07) is -0.895. The van der Waals surface area contributed by atoms with Crippen LogP contribution >= 0.6 is 0 Å². The summed E-state index contributed by atoms with van der Waals surface area (Å²) >= 11 is 0. The summed E-state index contributed by atoms with van der Waals surface area (Å²) in [5, 5.41) is 13.3. The van der Waals surface area contributed by atoms with Gasteiger partial charge < -0.3 is 21.0 Å². The van der Waals surface area contributed by atoms with Crippen LogP contribution in [0, 0.1) is 5.92 Å². The molecule has 0 aliphatic heterocycles. The van der Waals surface area contributed by atoms with Gasteiger partial charge in [-0.2, -0.15) is 0 Å². The number of amides is 1. The number of nitrogens with two attached hydrogens (primary N) is 1. The Morgan fingerprint density at radius 1 is 1.35 bits per heavy atom. The molecular weight excluding hydrogens is 231 g/mol. The van der Waals surface area contributed by atoms with Crippen molar-refractivity contribution in [2.24, 2.45) is 11.7 Å². The van der Waals surface area contributed by atoms with Gasteiger partial charge in [-0.3, -0.25) is 4.79 Å². The average Bonchev–Trinajstić information content (AvgIpc) is 2.26. The molecule has 0 radical (unpaired) electrons. The van der Waals surface area contributed by atoms with Crippen LogP contribution in [0.1, 0.15) is 39.5 Å². The van der Waals surface area contributed by atoms with Crippen LogP contribution in [0.2, 0.25) is 0 Å². The smallest absolute Gasteiger partial charge is 0.548 e. The number of rotatable bonds is 8. The van der Waals surface area contributed by atoms with E-state index in [0.29, 0.717) is 25.8 Å². The molecule has 3 N–H and O–H groups in total. The van der Waals surface area contributed by atoms with E-state index < -0.39 is 12.0 Å². The molecule has 0 heterocycles. The predicted octanol–water partition coefficient (Wildman–Crippen LogP) is -3.60. The molecule has 0 bridgehead atoms. The fourth-order valence-corrected chi connectivity index (χ4v) is 1.24. The number of carboxylic acid groups (broad SMARTS) is 1. The number of carboxylic acids is 1. The molecule has 6 heteroatoms. The first-order chi connectivity index (χ1) is 7.52. The summed E-state index contributed by atoms with van der Waals surface area (Å²) in [5.41, 5.74) is 5.31. The van der Waals surface area contributed by atoms with E-state index in [1.807, 2.05) is 6.92 Å². The van der Waals surface area contributed by atoms with Crippen molar-refractivity contribution in [3.63, 3.8) is 0 Å². The van der Waals surface area contributed by atoms with Crippen LogP contribution in [-0.2, 0) is 9.59 Å². The summed E-state index contributed by atoms with van der Waals surface area (Å²) in [6.07, 6.45) is 2.50. The minimum absolute atomic E-state index is 0. The molecule has 0 aromatic rings. The summed E-state index contributed by atoms with van der Waals surface area (Å²) in [4.78, 5) is 22.3. The van der Waals surface area contributed by atoms with Crippen molar-refractivity contribution < 1.29 is 44.3 Å². The third-order valence-electron chi connectivity index (χ3n) is 2.61. The number of carbonyl (C=O) groups is 2. The minimum Gasteiger partial charge on any atom is -0.548 e. The number of nitrogens with one attached hydrogen (secondary N) is 1. The van der Waals surface area contributed by atoms with Crippen LogP contribution in [0.4, 0.5) is 0 Å². The fourth-order valence-electron chi connectivity index (χ4n) is 1.24. The number of carbonyl (C=O) groups excluding carboxylic acids is 2. The summed E-state index contributed by atoms with van der Waals surface area (Å²) < 4.78 is 0. The summed E-state index contributed by atoms with van der Waals surface area (Å²) in [6.45, 7) is 4.17. The third kappa shape index (κ3) is 8.60. The van der Waals surface area contributed by atoms with Crippen LogP contribution in [0.5, 0.6) is 0 Å². The van der Waals surface area contributed by atoms with Gasteiger partial charge in [-0.25, -0.2) is 0 Å². The van der Waals surface area contributed by atoms with Crippen molar-refractivity contribution in [2.45, 2.75) is 45.6 Å². The van der Waals surface area contributed by atoms with E-state index in [1.165, 1.54) is 0 Å². The number of aliphatic carboxylic acids is 1. The number of hydrogen-bond donors (Lipinski definition) is 2. The number of unbranched alkanes of at least 4 members (excludes halogenated alkanes) is 1. The molecule has 0 saturated carbocycles. The molecule has 0 rings (SSSR count). The molecule has 0 aliphatic rings. The normalized spacial score (nSPS) is 13.4. The van der Waals surface area contributed by atoms with Gasteiger partial charge in [0.1, 0.15) is 0 Å². The molecule has 1 unspecified atom stereocenters. The first kappa shape index (κ1) is 19.2. The Hall–Kier alpha value is -0.100. The Morgan fingerprint density at radius 2 is 1.94 bits per heavy atom. The maximum Gasteiger partial charge on any atom is 1.00 e. The second kappa shape index (κ2) is 11.0. The molecule has 0 fully saturated rings. The van der Waals surface area contributed by atoms with Crippen LogP contribution in [0.25, 0.3) is 0 Å². The van der Waals surface area contributed by atoms with Gasteiger partial charge in [0.25, 0.3) is 0 Å². The van der Waals surface area contributed by atoms with Gasteiger partial charge in [0.2, 0.25) is 5.91 Å². The molecule has 5 nitrogen and oxygen atoms in total. The molecule has 0 saturated heterocycles. The standard InChI is InChI=1S/C11H22N2O3.Na/c1-3-8(2)10(14)13-9(11(15)16)6-4-5-7-12;/h8-9H,3-7,12H2,1-2H3,(H,13,14)(H,15,16);/q;+1/p-1/t8?,9-;/m1./s1. The monoisotopic (exact) mass is 252 g/mol. The van der Waals surface area contributed by atoms with Crippen molar-refractivity contribution in [3.8, 4) is 0 Å². The van der Waals surface area contributed by atoms with Crippen LogP contribution < -0.4 is 45.7 Å². The predicted molar refractivity (Wildman–Crippen MR) is 59.3 cm³/mol. The third-order valence-corrected chi connectivity index (χ3v) is 2.61. The van der Waals surface area contributed by atoms with E-state index in [2.05, 4.69) is 5.32 Å². The maximum absolute atomic E-state index is 11.5. The van der Waals surface area contributed by atoms with Gasteiger partial charge in [0.05, 0.1) is 12.0 Å². The van der Waals surface area contributed by atoms with E-state index in [1.54, 1.807) is 6.92 Å². The van der Waals surface area contributed by atoms with Crippen molar-refractivity contribution in [2.75, 3.05) is 6.54 Å². The van der Waals surface area contributed by atoms with Gasteiger partial charge in [0, 0.05) is 5.92 Å². The average molecular weight is 252 g/mol. The molecule has 0 aromatic carbocycles. The van der Waals surface area contributed by atoms with E-state index in [4.69, 9.17) is 5.73 Å².